The maximum Gasteiger partial charge on any atom is 0.246 e. The van der Waals surface area contributed by atoms with Crippen molar-refractivity contribution in [1.82, 2.24) is 25.8 Å². The van der Waals surface area contributed by atoms with Crippen molar-refractivity contribution < 1.29 is 33.9 Å². The number of nitrogens with one attached hydrogen (secondary N) is 4. The third-order valence-corrected chi connectivity index (χ3v) is 9.08. The fourth-order valence-corrected chi connectivity index (χ4v) is 6.46. The quantitative estimate of drug-likeness (QED) is 0.123. The van der Waals surface area contributed by atoms with Gasteiger partial charge in [0.2, 0.25) is 35.4 Å². The molecule has 5 unspecified atom stereocenters. The molecule has 15 heteroatoms. The second-order valence-corrected chi connectivity index (χ2v) is 12.8. The van der Waals surface area contributed by atoms with Crippen LogP contribution in [-0.2, 0) is 41.6 Å². The van der Waals surface area contributed by atoms with Gasteiger partial charge >= 0.3 is 0 Å². The summed E-state index contributed by atoms with van der Waals surface area (Å²) in [5.74, 6) is -4.05. The molecular formula is C35H42N8O7. The van der Waals surface area contributed by atoms with Crippen molar-refractivity contribution in [3.63, 3.8) is 0 Å². The Morgan fingerprint density at radius 1 is 0.920 bits per heavy atom. The van der Waals surface area contributed by atoms with Crippen LogP contribution in [0.5, 0.6) is 5.75 Å². The van der Waals surface area contributed by atoms with Crippen molar-refractivity contribution in [3.05, 3.63) is 65.9 Å². The molecule has 50 heavy (non-hydrogen) atoms. The first-order valence-electron chi connectivity index (χ1n) is 16.5. The normalized spacial score (nSPS) is 18.9. The number of aromatic nitrogens is 1. The summed E-state index contributed by atoms with van der Waals surface area (Å²) in [5.41, 5.74) is 14.2. The van der Waals surface area contributed by atoms with E-state index in [0.29, 0.717) is 24.8 Å². The number of amides is 6. The van der Waals surface area contributed by atoms with Gasteiger partial charge in [-0.2, -0.15) is 0 Å². The van der Waals surface area contributed by atoms with Crippen LogP contribution in [0.3, 0.4) is 0 Å². The fourth-order valence-electron chi connectivity index (χ4n) is 6.46. The van der Waals surface area contributed by atoms with Gasteiger partial charge in [0.15, 0.2) is 0 Å². The van der Waals surface area contributed by atoms with Crippen LogP contribution in [0.2, 0.25) is 0 Å². The largest absolute Gasteiger partial charge is 0.508 e. The number of fused-ring (bicyclic) bond motifs is 1. The van der Waals surface area contributed by atoms with Crippen LogP contribution in [0.15, 0.2) is 59.7 Å². The predicted molar refractivity (Wildman–Crippen MR) is 183 cm³/mol. The number of primary amides is 2. The van der Waals surface area contributed by atoms with Crippen LogP contribution < -0.4 is 27.4 Å². The van der Waals surface area contributed by atoms with Crippen molar-refractivity contribution in [1.29, 1.82) is 0 Å². The molecule has 2 aliphatic rings. The Kier molecular flexibility index (Phi) is 11.1. The molecule has 9 N–H and O–H groups in total. The number of carbonyl (C=O) groups is 6. The summed E-state index contributed by atoms with van der Waals surface area (Å²) < 4.78 is 0. The number of phenolic OH excluding ortho intramolecular Hbond substituents is 1. The molecule has 0 bridgehead atoms. The predicted octanol–water partition coefficient (Wildman–Crippen LogP) is 0.0881. The lowest BCUT2D eigenvalue weighted by Crippen LogP contribution is -2.59. The van der Waals surface area contributed by atoms with Crippen molar-refractivity contribution in [2.75, 3.05) is 6.54 Å². The number of aromatic amines is 1. The van der Waals surface area contributed by atoms with Gasteiger partial charge in [0.1, 0.15) is 36.0 Å². The Bertz CT molecular complexity index is 1800. The van der Waals surface area contributed by atoms with Gasteiger partial charge in [-0.3, -0.25) is 33.8 Å². The molecule has 1 saturated heterocycles. The zero-order chi connectivity index (χ0) is 35.9. The van der Waals surface area contributed by atoms with E-state index in [1.54, 1.807) is 25.3 Å². The number of phenols is 1. The summed E-state index contributed by atoms with van der Waals surface area (Å²) in [6.45, 7) is 1.98. The zero-order valence-electron chi connectivity index (χ0n) is 27.7. The number of aliphatic imine (C=N–C) groups is 1. The summed E-state index contributed by atoms with van der Waals surface area (Å²) in [7, 11) is 0. The van der Waals surface area contributed by atoms with Gasteiger partial charge < -0.3 is 42.4 Å². The molecule has 5 rings (SSSR count). The molecule has 0 saturated carbocycles. The van der Waals surface area contributed by atoms with Crippen LogP contribution in [0, 0.1) is 0 Å². The van der Waals surface area contributed by atoms with E-state index >= 15 is 0 Å². The molecule has 3 aromatic rings. The van der Waals surface area contributed by atoms with Crippen molar-refractivity contribution in [2.24, 2.45) is 16.5 Å². The fraction of sp³-hybridized carbons (Fsp3) is 0.400. The molecule has 5 atom stereocenters. The van der Waals surface area contributed by atoms with Gasteiger partial charge in [-0.1, -0.05) is 30.3 Å². The highest BCUT2D eigenvalue weighted by atomic mass is 16.3. The van der Waals surface area contributed by atoms with Gasteiger partial charge in [-0.05, 0) is 61.9 Å². The van der Waals surface area contributed by atoms with Crippen molar-refractivity contribution in [3.8, 4) is 5.75 Å². The van der Waals surface area contributed by atoms with Crippen LogP contribution >= 0.6 is 0 Å². The van der Waals surface area contributed by atoms with E-state index in [9.17, 15) is 33.9 Å². The molecule has 2 aromatic carbocycles. The molecule has 1 fully saturated rings. The first kappa shape index (κ1) is 35.6. The van der Waals surface area contributed by atoms with Crippen LogP contribution in [0.25, 0.3) is 10.9 Å². The number of likely N-dealkylation sites (tertiary alicyclic amines) is 1. The van der Waals surface area contributed by atoms with E-state index in [-0.39, 0.29) is 31.6 Å². The van der Waals surface area contributed by atoms with E-state index in [0.717, 1.165) is 22.2 Å². The number of hydrogen-bond donors (Lipinski definition) is 7. The van der Waals surface area contributed by atoms with Gasteiger partial charge in [-0.25, -0.2) is 0 Å². The Morgan fingerprint density at radius 2 is 1.64 bits per heavy atom. The molecule has 2 aliphatic heterocycles. The number of H-pyrrole nitrogens is 1. The number of benzene rings is 2. The molecule has 15 nitrogen and oxygen atoms in total. The lowest BCUT2D eigenvalue weighted by molar-refractivity contribution is -0.143. The Hall–Kier alpha value is -5.73. The third kappa shape index (κ3) is 8.64. The first-order valence-corrected chi connectivity index (χ1v) is 16.5. The molecular weight excluding hydrogens is 644 g/mol. The summed E-state index contributed by atoms with van der Waals surface area (Å²) in [6.07, 6.45) is 3.18. The average molecular weight is 687 g/mol. The lowest BCUT2D eigenvalue weighted by atomic mass is 10.0. The minimum Gasteiger partial charge on any atom is -0.508 e. The second kappa shape index (κ2) is 15.7. The van der Waals surface area contributed by atoms with Gasteiger partial charge in [-0.15, -0.1) is 0 Å². The number of aromatic hydroxyl groups is 1. The van der Waals surface area contributed by atoms with E-state index in [2.05, 4.69) is 25.9 Å². The highest BCUT2D eigenvalue weighted by Crippen LogP contribution is 2.22. The number of nitrogens with zero attached hydrogens (tertiary/aromatic N) is 2. The zero-order valence-corrected chi connectivity index (χ0v) is 27.7. The molecule has 264 valence electrons. The Labute approximate surface area is 288 Å². The highest BCUT2D eigenvalue weighted by Gasteiger charge is 2.40. The minimum absolute atomic E-state index is 0.0129. The van der Waals surface area contributed by atoms with Crippen LogP contribution in [0.1, 0.15) is 50.2 Å². The monoisotopic (exact) mass is 686 g/mol. The molecule has 1 aromatic heterocycles. The number of rotatable bonds is 14. The summed E-state index contributed by atoms with van der Waals surface area (Å²) >= 11 is 0. The topological polar surface area (TPSA) is 242 Å². The van der Waals surface area contributed by atoms with Crippen molar-refractivity contribution >= 4 is 52.1 Å². The maximum absolute atomic E-state index is 13.8. The summed E-state index contributed by atoms with van der Waals surface area (Å²) in [4.78, 5) is 87.5. The average Bonchev–Trinajstić information content (AvgIpc) is 3.84. The number of para-hydroxylation sites is 1. The van der Waals surface area contributed by atoms with E-state index in [4.69, 9.17) is 11.5 Å². The number of carbonyl (C=O) groups excluding carboxylic acids is 6. The standard InChI is InChI=1S/C35H42N8O7/c1-19-8-13-25(39-19)32(47)42-28(17-30(36)45)35(50)43-14-4-7-29(43)34(49)41-27(15-20-9-11-22(44)12-10-20)33(48)40-26(31(37)46)16-21-18-38-24-6-3-2-5-23(21)24/h2-3,5-6,9-12,18,25-29,38,44H,4,7-8,13-17H2,1H3,(H2,36,45)(H2,37,46)(H,40,48)(H,41,49)(H,42,47). The molecule has 0 aliphatic carbocycles. The molecule has 0 spiro atoms. The maximum atomic E-state index is 13.8. The van der Waals surface area contributed by atoms with E-state index < -0.39 is 72.1 Å². The highest BCUT2D eigenvalue weighted by molar-refractivity contribution is 5.98. The SMILES string of the molecule is CC1=NC(C(=O)NC(CC(N)=O)C(=O)N2CCCC2C(=O)NC(Cc2ccc(O)cc2)C(=O)NC(Cc2c[nH]c3ccccc23)C(N)=O)CC1. The van der Waals surface area contributed by atoms with Crippen molar-refractivity contribution in [2.45, 2.75) is 82.1 Å². The Morgan fingerprint density at radius 3 is 2.32 bits per heavy atom. The first-order chi connectivity index (χ1) is 23.9. The second-order valence-electron chi connectivity index (χ2n) is 12.8. The van der Waals surface area contributed by atoms with E-state index in [1.165, 1.54) is 17.0 Å². The van der Waals surface area contributed by atoms with Gasteiger partial charge in [0.05, 0.1) is 6.42 Å². The molecule has 3 heterocycles. The smallest absolute Gasteiger partial charge is 0.246 e. The van der Waals surface area contributed by atoms with Gasteiger partial charge in [0, 0.05) is 42.2 Å². The van der Waals surface area contributed by atoms with Crippen LogP contribution in [-0.4, -0.2) is 92.9 Å². The van der Waals surface area contributed by atoms with E-state index in [1.807, 2.05) is 24.3 Å². The third-order valence-electron chi connectivity index (χ3n) is 9.08. The Balaban J connectivity index is 1.33. The minimum atomic E-state index is -1.30. The molecule has 6 amide bonds. The van der Waals surface area contributed by atoms with Crippen LogP contribution in [0.4, 0.5) is 0 Å². The summed E-state index contributed by atoms with van der Waals surface area (Å²) in [6, 6.07) is 8.23. The van der Waals surface area contributed by atoms with Gasteiger partial charge in [0.25, 0.3) is 0 Å². The lowest BCUT2D eigenvalue weighted by Gasteiger charge is -2.30. The number of hydrogen-bond acceptors (Lipinski definition) is 8. The number of nitrogens with two attached hydrogens (primary N) is 2. The summed E-state index contributed by atoms with van der Waals surface area (Å²) in [5, 5.41) is 18.7. The molecule has 0 radical (unpaired) electrons.